The molecule has 0 saturated heterocycles. The zero-order chi connectivity index (χ0) is 15.2. The predicted molar refractivity (Wildman–Crippen MR) is 86.8 cm³/mol. The number of thioether (sulfide) groups is 1. The third-order valence-corrected chi connectivity index (χ3v) is 4.10. The minimum atomic E-state index is 0.628. The summed E-state index contributed by atoms with van der Waals surface area (Å²) >= 11 is 1.67. The van der Waals surface area contributed by atoms with Gasteiger partial charge in [0, 0.05) is 17.6 Å². The van der Waals surface area contributed by atoms with Crippen molar-refractivity contribution in [2.24, 2.45) is 0 Å². The molecule has 0 aliphatic heterocycles. The Bertz CT molecular complexity index is 708. The summed E-state index contributed by atoms with van der Waals surface area (Å²) in [4.78, 5) is 2.97. The van der Waals surface area contributed by atoms with Gasteiger partial charge < -0.3 is 4.90 Å². The maximum Gasteiger partial charge on any atom is 0.103 e. The minimum absolute atomic E-state index is 0.628. The Morgan fingerprint density at radius 3 is 2.33 bits per heavy atom. The molecule has 21 heavy (non-hydrogen) atoms. The third kappa shape index (κ3) is 3.18. The highest BCUT2D eigenvalue weighted by Gasteiger charge is 2.13. The van der Waals surface area contributed by atoms with Crippen LogP contribution in [0.25, 0.3) is 0 Å². The Morgan fingerprint density at radius 2 is 1.76 bits per heavy atom. The average Bonchev–Trinajstić information content (AvgIpc) is 2.54. The van der Waals surface area contributed by atoms with Crippen LogP contribution < -0.4 is 4.90 Å². The van der Waals surface area contributed by atoms with Crippen molar-refractivity contribution < 1.29 is 0 Å². The van der Waals surface area contributed by atoms with E-state index in [1.54, 1.807) is 23.9 Å². The van der Waals surface area contributed by atoms with Crippen molar-refractivity contribution in [3.8, 4) is 12.1 Å². The molecule has 0 aliphatic carbocycles. The van der Waals surface area contributed by atoms with E-state index in [2.05, 4.69) is 19.1 Å². The molecule has 0 amide bonds. The van der Waals surface area contributed by atoms with Gasteiger partial charge in [0.1, 0.15) is 6.07 Å². The fourth-order valence-corrected chi connectivity index (χ4v) is 2.87. The molecular formula is C17H15N3S. The third-order valence-electron chi connectivity index (χ3n) is 3.16. The molecule has 0 aromatic heterocycles. The number of nitrogens with zero attached hydrogens (tertiary/aromatic N) is 3. The largest absolute Gasteiger partial charge is 0.344 e. The van der Waals surface area contributed by atoms with Gasteiger partial charge in [0.15, 0.2) is 0 Å². The zero-order valence-corrected chi connectivity index (χ0v) is 12.8. The van der Waals surface area contributed by atoms with Crippen LogP contribution in [-0.4, -0.2) is 12.8 Å². The number of benzene rings is 2. The first-order valence-corrected chi connectivity index (χ1v) is 7.59. The molecule has 0 atom stereocenters. The Kier molecular flexibility index (Phi) is 4.87. The molecule has 2 aromatic carbocycles. The lowest BCUT2D eigenvalue weighted by Gasteiger charge is -2.21. The standard InChI is InChI=1S/C17H15N3S/c1-3-21-17-6-4-5-16(15(17)12-19)20(2)14-9-7-13(11-18)8-10-14/h4-10H,3H2,1-2H3. The molecule has 4 heteroatoms. The Hall–Kier alpha value is -2.43. The van der Waals surface area contributed by atoms with Crippen molar-refractivity contribution in [3.05, 3.63) is 53.6 Å². The van der Waals surface area contributed by atoms with Gasteiger partial charge in [-0.05, 0) is 42.2 Å². The van der Waals surface area contributed by atoms with Crippen molar-refractivity contribution in [1.29, 1.82) is 10.5 Å². The molecule has 0 N–H and O–H groups in total. The van der Waals surface area contributed by atoms with Gasteiger partial charge in [0.25, 0.3) is 0 Å². The Morgan fingerprint density at radius 1 is 1.05 bits per heavy atom. The smallest absolute Gasteiger partial charge is 0.103 e. The molecule has 3 nitrogen and oxygen atoms in total. The van der Waals surface area contributed by atoms with E-state index in [0.29, 0.717) is 11.1 Å². The lowest BCUT2D eigenvalue weighted by Crippen LogP contribution is -2.11. The van der Waals surface area contributed by atoms with Crippen molar-refractivity contribution >= 4 is 23.1 Å². The van der Waals surface area contributed by atoms with Crippen LogP contribution in [0.3, 0.4) is 0 Å². The molecular weight excluding hydrogens is 278 g/mol. The monoisotopic (exact) mass is 293 g/mol. The highest BCUT2D eigenvalue weighted by atomic mass is 32.2. The van der Waals surface area contributed by atoms with Crippen molar-refractivity contribution in [2.75, 3.05) is 17.7 Å². The van der Waals surface area contributed by atoms with Crippen LogP contribution in [0.5, 0.6) is 0 Å². The molecule has 0 aliphatic rings. The van der Waals surface area contributed by atoms with Crippen LogP contribution in [0, 0.1) is 22.7 Å². The number of hydrogen-bond acceptors (Lipinski definition) is 4. The van der Waals surface area contributed by atoms with Crippen molar-refractivity contribution in [3.63, 3.8) is 0 Å². The topological polar surface area (TPSA) is 50.8 Å². The van der Waals surface area contributed by atoms with Crippen molar-refractivity contribution in [1.82, 2.24) is 0 Å². The van der Waals surface area contributed by atoms with Gasteiger partial charge in [-0.15, -0.1) is 11.8 Å². The zero-order valence-electron chi connectivity index (χ0n) is 12.0. The summed E-state index contributed by atoms with van der Waals surface area (Å²) in [6.45, 7) is 2.07. The maximum absolute atomic E-state index is 9.47. The molecule has 0 heterocycles. The van der Waals surface area contributed by atoms with Crippen LogP contribution in [0.2, 0.25) is 0 Å². The quantitative estimate of drug-likeness (QED) is 0.788. The maximum atomic E-state index is 9.47. The molecule has 0 bridgehead atoms. The van der Waals surface area contributed by atoms with E-state index in [1.807, 2.05) is 42.3 Å². The van der Waals surface area contributed by atoms with Crippen LogP contribution in [0.4, 0.5) is 11.4 Å². The normalized spacial score (nSPS) is 9.71. The molecule has 104 valence electrons. The van der Waals surface area contributed by atoms with E-state index < -0.39 is 0 Å². The number of nitriles is 2. The van der Waals surface area contributed by atoms with Crippen LogP contribution in [0.1, 0.15) is 18.1 Å². The second kappa shape index (κ2) is 6.83. The van der Waals surface area contributed by atoms with Gasteiger partial charge in [-0.3, -0.25) is 0 Å². The molecule has 0 unspecified atom stereocenters. The molecule has 0 saturated carbocycles. The van der Waals surface area contributed by atoms with Gasteiger partial charge in [-0.1, -0.05) is 13.0 Å². The van der Waals surface area contributed by atoms with E-state index in [9.17, 15) is 5.26 Å². The molecule has 0 spiro atoms. The van der Waals surface area contributed by atoms with Gasteiger partial charge >= 0.3 is 0 Å². The second-order valence-electron chi connectivity index (χ2n) is 4.41. The predicted octanol–water partition coefficient (Wildman–Crippen LogP) is 4.31. The van der Waals surface area contributed by atoms with Gasteiger partial charge in [-0.25, -0.2) is 0 Å². The van der Waals surface area contributed by atoms with Gasteiger partial charge in [-0.2, -0.15) is 10.5 Å². The number of anilines is 2. The Labute approximate surface area is 129 Å². The lowest BCUT2D eigenvalue weighted by atomic mass is 10.1. The molecule has 0 fully saturated rings. The first-order valence-electron chi connectivity index (χ1n) is 6.61. The van der Waals surface area contributed by atoms with E-state index in [4.69, 9.17) is 5.26 Å². The fourth-order valence-electron chi connectivity index (χ4n) is 2.09. The summed E-state index contributed by atoms with van der Waals surface area (Å²) in [7, 11) is 1.93. The molecule has 2 aromatic rings. The lowest BCUT2D eigenvalue weighted by molar-refractivity contribution is 1.18. The first kappa shape index (κ1) is 15.0. The summed E-state index contributed by atoms with van der Waals surface area (Å²) in [6, 6.07) is 17.6. The highest BCUT2D eigenvalue weighted by molar-refractivity contribution is 7.99. The van der Waals surface area contributed by atoms with E-state index in [0.717, 1.165) is 22.0 Å². The van der Waals surface area contributed by atoms with E-state index in [1.165, 1.54) is 0 Å². The van der Waals surface area contributed by atoms with Crippen molar-refractivity contribution in [2.45, 2.75) is 11.8 Å². The number of rotatable bonds is 4. The summed E-state index contributed by atoms with van der Waals surface area (Å²) in [6.07, 6.45) is 0. The number of hydrogen-bond donors (Lipinski definition) is 0. The van der Waals surface area contributed by atoms with Gasteiger partial charge in [0.05, 0.1) is 22.9 Å². The Balaban J connectivity index is 2.43. The van der Waals surface area contributed by atoms with Crippen LogP contribution in [0.15, 0.2) is 47.4 Å². The van der Waals surface area contributed by atoms with Crippen LogP contribution >= 0.6 is 11.8 Å². The summed E-state index contributed by atoms with van der Waals surface area (Å²) in [5.74, 6) is 0.929. The highest BCUT2D eigenvalue weighted by Crippen LogP contribution is 2.33. The second-order valence-corrected chi connectivity index (χ2v) is 5.72. The van der Waals surface area contributed by atoms with E-state index >= 15 is 0 Å². The average molecular weight is 293 g/mol. The van der Waals surface area contributed by atoms with Gasteiger partial charge in [0.2, 0.25) is 0 Å². The SMILES string of the molecule is CCSc1cccc(N(C)c2ccc(C#N)cc2)c1C#N. The van der Waals surface area contributed by atoms with Crippen LogP contribution in [-0.2, 0) is 0 Å². The summed E-state index contributed by atoms with van der Waals surface area (Å²) in [5, 5.41) is 18.3. The first-order chi connectivity index (χ1) is 10.2. The molecule has 2 rings (SSSR count). The molecule has 0 radical (unpaired) electrons. The van der Waals surface area contributed by atoms with E-state index in [-0.39, 0.29) is 0 Å². The fraction of sp³-hybridized carbons (Fsp3) is 0.176. The minimum Gasteiger partial charge on any atom is -0.344 e. The summed E-state index contributed by atoms with van der Waals surface area (Å²) in [5.41, 5.74) is 3.14. The summed E-state index contributed by atoms with van der Waals surface area (Å²) < 4.78 is 0.